The number of rotatable bonds is 4. The number of halogens is 2. The molecule has 128 valence electrons. The number of hydrogen-bond donors (Lipinski definition) is 1. The molecule has 0 aliphatic carbocycles. The normalized spacial score (nSPS) is 15.7. The van der Waals surface area contributed by atoms with E-state index in [-0.39, 0.29) is 11.2 Å². The van der Waals surface area contributed by atoms with Crippen LogP contribution in [0.3, 0.4) is 0 Å². The Kier molecular flexibility index (Phi) is 5.22. The number of hydrogen-bond acceptors (Lipinski definition) is 5. The number of nitrogen functional groups attached to an aromatic ring is 1. The quantitative estimate of drug-likeness (QED) is 0.646. The lowest BCUT2D eigenvalue weighted by Gasteiger charge is -2.19. The molecule has 2 heterocycles. The summed E-state index contributed by atoms with van der Waals surface area (Å²) in [5.41, 5.74) is 0.640. The van der Waals surface area contributed by atoms with Gasteiger partial charge in [0.25, 0.3) is 0 Å². The zero-order valence-corrected chi connectivity index (χ0v) is 15.4. The van der Waals surface area contributed by atoms with Crippen molar-refractivity contribution in [3.63, 3.8) is 0 Å². The maximum Gasteiger partial charge on any atom is 0.235 e. The molecule has 2 aromatic rings. The molecule has 6 nitrogen and oxygen atoms in total. The predicted octanol–water partition coefficient (Wildman–Crippen LogP) is 3.07. The highest BCUT2D eigenvalue weighted by molar-refractivity contribution is 8.00. The van der Waals surface area contributed by atoms with Gasteiger partial charge in [0.05, 0.1) is 10.3 Å². The molecular weight excluding hydrogens is 369 g/mol. The first kappa shape index (κ1) is 17.4. The topological polar surface area (TPSA) is 77.0 Å². The summed E-state index contributed by atoms with van der Waals surface area (Å²) in [5.74, 6) is 6.63. The van der Waals surface area contributed by atoms with Gasteiger partial charge in [0.2, 0.25) is 11.1 Å². The van der Waals surface area contributed by atoms with Crippen LogP contribution in [0.25, 0.3) is 11.4 Å². The molecule has 1 aliphatic heterocycles. The van der Waals surface area contributed by atoms with E-state index in [1.165, 1.54) is 16.4 Å². The van der Waals surface area contributed by atoms with E-state index in [4.69, 9.17) is 29.0 Å². The number of aromatic nitrogens is 3. The average Bonchev–Trinajstić information content (AvgIpc) is 3.18. The molecule has 1 aliphatic rings. The highest BCUT2D eigenvalue weighted by Gasteiger charge is 2.26. The second-order valence-electron chi connectivity index (χ2n) is 5.59. The molecule has 0 unspecified atom stereocenters. The Bertz CT molecular complexity index is 760. The third-order valence-corrected chi connectivity index (χ3v) is 5.48. The zero-order valence-electron chi connectivity index (χ0n) is 13.1. The maximum absolute atomic E-state index is 12.4. The zero-order chi connectivity index (χ0) is 17.3. The lowest BCUT2D eigenvalue weighted by molar-refractivity contribution is -0.129. The summed E-state index contributed by atoms with van der Waals surface area (Å²) in [6, 6.07) is 5.08. The highest BCUT2D eigenvalue weighted by atomic mass is 35.5. The number of amides is 1. The molecule has 0 spiro atoms. The van der Waals surface area contributed by atoms with Crippen LogP contribution in [0.4, 0.5) is 0 Å². The van der Waals surface area contributed by atoms with Crippen LogP contribution < -0.4 is 5.84 Å². The molecule has 24 heavy (non-hydrogen) atoms. The molecule has 0 saturated carbocycles. The molecule has 0 bridgehead atoms. The molecule has 1 aromatic carbocycles. The fraction of sp³-hybridized carbons (Fsp3) is 0.400. The van der Waals surface area contributed by atoms with E-state index in [2.05, 4.69) is 10.2 Å². The molecule has 1 aromatic heterocycles. The van der Waals surface area contributed by atoms with Crippen LogP contribution >= 0.6 is 35.0 Å². The van der Waals surface area contributed by atoms with Crippen molar-refractivity contribution in [1.29, 1.82) is 0 Å². The van der Waals surface area contributed by atoms with Crippen molar-refractivity contribution in [2.45, 2.75) is 30.2 Å². The molecular formula is C15H17Cl2N5OS. The standard InChI is InChI=1S/C15H17Cl2N5OS/c1-9(14(23)21-6-2-3-7-21)24-15-20-19-13(22(15)18)11-5-4-10(16)8-12(11)17/h4-5,8-9H,2-3,6-7,18H2,1H3/t9-/m0/s1. The van der Waals surface area contributed by atoms with Crippen molar-refractivity contribution in [3.8, 4) is 11.4 Å². The maximum atomic E-state index is 12.4. The summed E-state index contributed by atoms with van der Waals surface area (Å²) < 4.78 is 1.35. The van der Waals surface area contributed by atoms with Crippen molar-refractivity contribution in [1.82, 2.24) is 19.8 Å². The molecule has 2 N–H and O–H groups in total. The third-order valence-electron chi connectivity index (χ3n) is 3.88. The monoisotopic (exact) mass is 385 g/mol. The number of benzene rings is 1. The minimum absolute atomic E-state index is 0.103. The number of carbonyl (C=O) groups is 1. The van der Waals surface area contributed by atoms with Gasteiger partial charge in [0.15, 0.2) is 5.82 Å². The summed E-state index contributed by atoms with van der Waals surface area (Å²) in [5, 5.41) is 9.37. The van der Waals surface area contributed by atoms with Gasteiger partial charge in [-0.15, -0.1) is 10.2 Å². The molecule has 9 heteroatoms. The van der Waals surface area contributed by atoms with Gasteiger partial charge in [0, 0.05) is 23.7 Å². The van der Waals surface area contributed by atoms with Crippen LogP contribution in [0.2, 0.25) is 10.0 Å². The molecule has 1 atom stereocenters. The molecule has 1 saturated heterocycles. The molecule has 0 radical (unpaired) electrons. The highest BCUT2D eigenvalue weighted by Crippen LogP contribution is 2.31. The summed E-state index contributed by atoms with van der Waals surface area (Å²) in [4.78, 5) is 14.3. The van der Waals surface area contributed by atoms with E-state index >= 15 is 0 Å². The summed E-state index contributed by atoms with van der Waals surface area (Å²) >= 11 is 13.4. The first-order chi connectivity index (χ1) is 11.5. The number of nitrogens with zero attached hydrogens (tertiary/aromatic N) is 4. The predicted molar refractivity (Wildman–Crippen MR) is 96.8 cm³/mol. The van der Waals surface area contributed by atoms with Crippen molar-refractivity contribution in [3.05, 3.63) is 28.2 Å². The molecule has 1 amide bonds. The summed E-state index contributed by atoms with van der Waals surface area (Å²) in [7, 11) is 0. The van der Waals surface area contributed by atoms with Crippen LogP contribution in [0.1, 0.15) is 19.8 Å². The Labute approximate surface area is 154 Å². The molecule has 3 rings (SSSR count). The van der Waals surface area contributed by atoms with Gasteiger partial charge in [-0.05, 0) is 38.0 Å². The van der Waals surface area contributed by atoms with Crippen molar-refractivity contribution in [2.75, 3.05) is 18.9 Å². The first-order valence-electron chi connectivity index (χ1n) is 7.58. The second kappa shape index (κ2) is 7.21. The Morgan fingerprint density at radius 1 is 1.29 bits per heavy atom. The average molecular weight is 386 g/mol. The number of thioether (sulfide) groups is 1. The van der Waals surface area contributed by atoms with E-state index < -0.39 is 0 Å². The van der Waals surface area contributed by atoms with Crippen LogP contribution in [0.5, 0.6) is 0 Å². The fourth-order valence-electron chi connectivity index (χ4n) is 2.62. The minimum Gasteiger partial charge on any atom is -0.342 e. The lowest BCUT2D eigenvalue weighted by Crippen LogP contribution is -2.34. The SMILES string of the molecule is C[C@H](Sc1nnc(-c2ccc(Cl)cc2Cl)n1N)C(=O)N1CCCC1. The fourth-order valence-corrected chi connectivity index (χ4v) is 3.96. The van der Waals surface area contributed by atoms with Crippen LogP contribution in [0.15, 0.2) is 23.4 Å². The van der Waals surface area contributed by atoms with Gasteiger partial charge < -0.3 is 10.7 Å². The second-order valence-corrected chi connectivity index (χ2v) is 7.74. The smallest absolute Gasteiger partial charge is 0.235 e. The largest absolute Gasteiger partial charge is 0.342 e. The van der Waals surface area contributed by atoms with Gasteiger partial charge >= 0.3 is 0 Å². The van der Waals surface area contributed by atoms with Gasteiger partial charge in [-0.2, -0.15) is 0 Å². The Morgan fingerprint density at radius 3 is 2.67 bits per heavy atom. The van der Waals surface area contributed by atoms with E-state index in [0.29, 0.717) is 26.6 Å². The summed E-state index contributed by atoms with van der Waals surface area (Å²) in [6.45, 7) is 3.50. The lowest BCUT2D eigenvalue weighted by atomic mass is 10.2. The van der Waals surface area contributed by atoms with E-state index in [0.717, 1.165) is 25.9 Å². The van der Waals surface area contributed by atoms with Crippen molar-refractivity contribution >= 4 is 40.9 Å². The van der Waals surface area contributed by atoms with Crippen molar-refractivity contribution < 1.29 is 4.79 Å². The Morgan fingerprint density at radius 2 is 2.00 bits per heavy atom. The Hall–Kier alpha value is -1.44. The number of nitrogens with two attached hydrogens (primary N) is 1. The third kappa shape index (κ3) is 3.48. The molecule has 1 fully saturated rings. The van der Waals surface area contributed by atoms with E-state index in [9.17, 15) is 4.79 Å². The van der Waals surface area contributed by atoms with Crippen LogP contribution in [-0.2, 0) is 4.79 Å². The summed E-state index contributed by atoms with van der Waals surface area (Å²) in [6.07, 6.45) is 2.13. The Balaban J connectivity index is 1.78. The number of likely N-dealkylation sites (tertiary alicyclic amines) is 1. The van der Waals surface area contributed by atoms with Crippen LogP contribution in [-0.4, -0.2) is 44.0 Å². The number of carbonyl (C=O) groups excluding carboxylic acids is 1. The van der Waals surface area contributed by atoms with Crippen LogP contribution in [0, 0.1) is 0 Å². The van der Waals surface area contributed by atoms with Gasteiger partial charge in [-0.3, -0.25) is 4.79 Å². The van der Waals surface area contributed by atoms with E-state index in [1.807, 2.05) is 11.8 Å². The van der Waals surface area contributed by atoms with Gasteiger partial charge in [0.1, 0.15) is 0 Å². The minimum atomic E-state index is -0.275. The van der Waals surface area contributed by atoms with E-state index in [1.54, 1.807) is 18.2 Å². The van der Waals surface area contributed by atoms with Crippen molar-refractivity contribution in [2.24, 2.45) is 0 Å². The first-order valence-corrected chi connectivity index (χ1v) is 9.22. The van der Waals surface area contributed by atoms with Gasteiger partial charge in [-0.25, -0.2) is 4.68 Å². The van der Waals surface area contributed by atoms with Gasteiger partial charge in [-0.1, -0.05) is 35.0 Å².